The van der Waals surface area contributed by atoms with E-state index in [1.54, 1.807) is 0 Å². The highest BCUT2D eigenvalue weighted by Gasteiger charge is 2.27. The van der Waals surface area contributed by atoms with Crippen molar-refractivity contribution in [1.29, 1.82) is 0 Å². The van der Waals surface area contributed by atoms with Gasteiger partial charge in [-0.3, -0.25) is 4.79 Å². The van der Waals surface area contributed by atoms with Crippen LogP contribution in [0.2, 0.25) is 0 Å². The van der Waals surface area contributed by atoms with E-state index in [1.165, 1.54) is 17.3 Å². The average molecular weight is 353 g/mol. The fraction of sp³-hybridized carbons (Fsp3) is 0.250. The minimum atomic E-state index is -0.146. The number of hydrogen-bond acceptors (Lipinski definition) is 4. The van der Waals surface area contributed by atoms with E-state index < -0.39 is 0 Å². The second kappa shape index (κ2) is 7.66. The van der Waals surface area contributed by atoms with E-state index in [0.717, 1.165) is 28.3 Å². The quantitative estimate of drug-likeness (QED) is 0.800. The molecule has 1 fully saturated rings. The molecule has 2 aromatic carbocycles. The zero-order valence-corrected chi connectivity index (χ0v) is 15.6. The largest absolute Gasteiger partial charge is 0.378 e. The molecular weight excluding hydrogens is 330 g/mol. The second-order valence-electron chi connectivity index (χ2n) is 6.16. The first-order chi connectivity index (χ1) is 12.0. The van der Waals surface area contributed by atoms with Crippen molar-refractivity contribution in [3.63, 3.8) is 0 Å². The van der Waals surface area contributed by atoms with Gasteiger partial charge in [-0.25, -0.2) is 0 Å². The number of carbonyl (C=O) groups excluding carboxylic acids is 1. The van der Waals surface area contributed by atoms with E-state index in [-0.39, 0.29) is 11.4 Å². The minimum absolute atomic E-state index is 0.0376. The number of nitrogens with zero attached hydrogens (tertiary/aromatic N) is 1. The number of carbonyl (C=O) groups is 1. The van der Waals surface area contributed by atoms with E-state index in [1.807, 2.05) is 44.4 Å². The summed E-state index contributed by atoms with van der Waals surface area (Å²) in [5, 5.41) is 6.31. The van der Waals surface area contributed by atoms with Crippen molar-refractivity contribution >= 4 is 35.1 Å². The summed E-state index contributed by atoms with van der Waals surface area (Å²) in [6, 6.07) is 16.5. The van der Waals surface area contributed by atoms with Crippen LogP contribution in [0, 0.1) is 0 Å². The molecule has 0 aromatic heterocycles. The number of hydrogen-bond donors (Lipinski definition) is 2. The highest BCUT2D eigenvalue weighted by molar-refractivity contribution is 8.05. The molecule has 130 valence electrons. The zero-order valence-electron chi connectivity index (χ0n) is 14.7. The number of anilines is 2. The maximum atomic E-state index is 12.2. The molecule has 0 bridgehead atoms. The van der Waals surface area contributed by atoms with Crippen LogP contribution in [0.15, 0.2) is 53.4 Å². The Bertz CT molecular complexity index is 767. The van der Waals surface area contributed by atoms with Gasteiger partial charge in [-0.05, 0) is 47.9 Å². The molecule has 0 saturated carbocycles. The summed E-state index contributed by atoms with van der Waals surface area (Å²) in [7, 11) is 4.02. The van der Waals surface area contributed by atoms with Crippen LogP contribution in [0.25, 0.3) is 6.08 Å². The molecule has 5 heteroatoms. The summed E-state index contributed by atoms with van der Waals surface area (Å²) < 4.78 is 0. The van der Waals surface area contributed by atoms with Gasteiger partial charge in [0.2, 0.25) is 0 Å². The van der Waals surface area contributed by atoms with Crippen LogP contribution in [-0.4, -0.2) is 25.5 Å². The summed E-state index contributed by atoms with van der Waals surface area (Å²) in [5.74, 6) is -0.0376. The zero-order chi connectivity index (χ0) is 17.8. The summed E-state index contributed by atoms with van der Waals surface area (Å²) in [6.07, 6.45) is 2.95. The number of amides is 1. The Hall–Kier alpha value is -2.40. The molecule has 1 atom stereocenters. The third-order valence-corrected chi connectivity index (χ3v) is 5.13. The molecule has 2 N–H and O–H groups in total. The maximum Gasteiger partial charge on any atom is 0.260 e. The maximum absolute atomic E-state index is 12.2. The van der Waals surface area contributed by atoms with Crippen molar-refractivity contribution in [2.45, 2.75) is 18.8 Å². The van der Waals surface area contributed by atoms with Crippen LogP contribution in [-0.2, 0) is 11.2 Å². The van der Waals surface area contributed by atoms with Crippen LogP contribution in [0.1, 0.15) is 18.1 Å². The molecule has 3 rings (SSSR count). The van der Waals surface area contributed by atoms with E-state index in [9.17, 15) is 4.79 Å². The molecule has 0 radical (unpaired) electrons. The third kappa shape index (κ3) is 4.37. The number of benzene rings is 2. The van der Waals surface area contributed by atoms with E-state index in [2.05, 4.69) is 46.7 Å². The summed E-state index contributed by atoms with van der Waals surface area (Å²) in [4.78, 5) is 15.0. The molecule has 0 spiro atoms. The van der Waals surface area contributed by atoms with Crippen LogP contribution >= 0.6 is 11.8 Å². The van der Waals surface area contributed by atoms with Crippen LogP contribution in [0.5, 0.6) is 0 Å². The molecule has 4 nitrogen and oxygen atoms in total. The summed E-state index contributed by atoms with van der Waals surface area (Å²) in [6.45, 7) is 2.14. The Morgan fingerprint density at radius 1 is 1.12 bits per heavy atom. The van der Waals surface area contributed by atoms with Gasteiger partial charge in [-0.2, -0.15) is 0 Å². The number of nitrogens with one attached hydrogen (secondary N) is 2. The Balaban J connectivity index is 1.66. The van der Waals surface area contributed by atoms with Crippen molar-refractivity contribution < 1.29 is 4.79 Å². The van der Waals surface area contributed by atoms with Crippen molar-refractivity contribution in [2.75, 3.05) is 24.3 Å². The highest BCUT2D eigenvalue weighted by Crippen LogP contribution is 2.30. The van der Waals surface area contributed by atoms with Gasteiger partial charge >= 0.3 is 0 Å². The van der Waals surface area contributed by atoms with Gasteiger partial charge in [0.25, 0.3) is 5.91 Å². The molecule has 2 aromatic rings. The van der Waals surface area contributed by atoms with Crippen molar-refractivity contribution in [3.8, 4) is 0 Å². The predicted molar refractivity (Wildman–Crippen MR) is 108 cm³/mol. The predicted octanol–water partition coefficient (Wildman–Crippen LogP) is 3.91. The molecule has 1 amide bonds. The Labute approximate surface area is 153 Å². The molecule has 1 aliphatic rings. The lowest BCUT2D eigenvalue weighted by molar-refractivity contribution is -0.116. The number of rotatable bonds is 5. The van der Waals surface area contributed by atoms with Gasteiger partial charge in [0, 0.05) is 25.5 Å². The normalized spacial score (nSPS) is 18.3. The SMILES string of the molecule is CCc1ccc(N[C@@H]2NC(=O)/C(=C/c3ccc(N(C)C)cc3)S2)cc1. The Morgan fingerprint density at radius 3 is 2.40 bits per heavy atom. The third-order valence-electron chi connectivity index (χ3n) is 4.10. The summed E-state index contributed by atoms with van der Waals surface area (Å²) >= 11 is 1.51. The molecule has 0 aliphatic carbocycles. The first kappa shape index (κ1) is 17.4. The van der Waals surface area contributed by atoms with Gasteiger partial charge in [-0.1, -0.05) is 43.0 Å². The lowest BCUT2D eigenvalue weighted by atomic mass is 10.1. The van der Waals surface area contributed by atoms with Crippen molar-refractivity contribution in [3.05, 3.63) is 64.6 Å². The highest BCUT2D eigenvalue weighted by atomic mass is 32.2. The standard InChI is InChI=1S/C20H23N3OS/c1-4-14-5-9-16(10-6-14)21-20-22-19(24)18(25-20)13-15-7-11-17(12-8-15)23(2)3/h5-13,20-21H,4H2,1-3H3,(H,22,24)/b18-13-/t20-/m1/s1. The molecule has 1 aliphatic heterocycles. The van der Waals surface area contributed by atoms with Gasteiger partial charge in [0.05, 0.1) is 4.91 Å². The van der Waals surface area contributed by atoms with Gasteiger partial charge in [0.1, 0.15) is 0 Å². The fourth-order valence-electron chi connectivity index (χ4n) is 2.57. The molecule has 25 heavy (non-hydrogen) atoms. The average Bonchev–Trinajstić information content (AvgIpc) is 2.95. The summed E-state index contributed by atoms with van der Waals surface area (Å²) in [5.41, 5.74) is 4.33. The lowest BCUT2D eigenvalue weighted by Crippen LogP contribution is -2.30. The van der Waals surface area contributed by atoms with Crippen LogP contribution < -0.4 is 15.5 Å². The first-order valence-electron chi connectivity index (χ1n) is 8.37. The van der Waals surface area contributed by atoms with Gasteiger partial charge < -0.3 is 15.5 Å². The minimum Gasteiger partial charge on any atom is -0.378 e. The first-order valence-corrected chi connectivity index (χ1v) is 9.25. The number of aryl methyl sites for hydroxylation is 1. The second-order valence-corrected chi connectivity index (χ2v) is 7.31. The van der Waals surface area contributed by atoms with E-state index in [4.69, 9.17) is 0 Å². The Morgan fingerprint density at radius 2 is 1.80 bits per heavy atom. The number of thioether (sulfide) groups is 1. The topological polar surface area (TPSA) is 44.4 Å². The van der Waals surface area contributed by atoms with Crippen LogP contribution in [0.4, 0.5) is 11.4 Å². The fourth-order valence-corrected chi connectivity index (χ4v) is 3.56. The molecule has 0 unspecified atom stereocenters. The smallest absolute Gasteiger partial charge is 0.260 e. The van der Waals surface area contributed by atoms with Crippen LogP contribution in [0.3, 0.4) is 0 Å². The van der Waals surface area contributed by atoms with Gasteiger partial charge in [-0.15, -0.1) is 0 Å². The monoisotopic (exact) mass is 353 g/mol. The van der Waals surface area contributed by atoms with E-state index >= 15 is 0 Å². The Kier molecular flexibility index (Phi) is 5.34. The van der Waals surface area contributed by atoms with Crippen molar-refractivity contribution in [1.82, 2.24) is 5.32 Å². The molecule has 1 heterocycles. The molecule has 1 saturated heterocycles. The van der Waals surface area contributed by atoms with E-state index in [0.29, 0.717) is 0 Å². The molecular formula is C20H23N3OS. The van der Waals surface area contributed by atoms with Gasteiger partial charge in [0.15, 0.2) is 5.50 Å². The van der Waals surface area contributed by atoms with Crippen molar-refractivity contribution in [2.24, 2.45) is 0 Å². The lowest BCUT2D eigenvalue weighted by Gasteiger charge is -2.13.